The molecule has 5 nitrogen and oxygen atoms in total. The van der Waals surface area contributed by atoms with E-state index in [4.69, 9.17) is 4.74 Å². The van der Waals surface area contributed by atoms with E-state index in [1.54, 1.807) is 0 Å². The maximum Gasteiger partial charge on any atom is 0.317 e. The van der Waals surface area contributed by atoms with Crippen molar-refractivity contribution in [2.75, 3.05) is 32.8 Å². The van der Waals surface area contributed by atoms with Crippen LogP contribution in [0.3, 0.4) is 0 Å². The van der Waals surface area contributed by atoms with Gasteiger partial charge in [0.05, 0.1) is 6.04 Å². The van der Waals surface area contributed by atoms with Crippen LogP contribution in [-0.4, -0.2) is 55.9 Å². The predicted octanol–water partition coefficient (Wildman–Crippen LogP) is 0.949. The monoisotopic (exact) mass is 267 g/mol. The molecule has 2 N–H and O–H groups in total. The Kier molecular flexibility index (Phi) is 4.23. The Labute approximate surface area is 115 Å². The number of ether oxygens (including phenoxy) is 1. The first kappa shape index (κ1) is 13.2. The Morgan fingerprint density at radius 3 is 2.79 bits per heavy atom. The number of carbonyl (C=O) groups excluding carboxylic acids is 1. The standard InChI is InChI=1S/C14H25N3O2/c18-14-16-13(11-4-7-19-8-5-11)10-17(14)9-12-3-1-2-6-15-12/h11-13,15H,1-10H2,(H,16,18). The summed E-state index contributed by atoms with van der Waals surface area (Å²) in [5.41, 5.74) is 0. The van der Waals surface area contributed by atoms with Gasteiger partial charge in [0.25, 0.3) is 0 Å². The van der Waals surface area contributed by atoms with Crippen LogP contribution in [0.4, 0.5) is 4.79 Å². The van der Waals surface area contributed by atoms with Gasteiger partial charge < -0.3 is 20.3 Å². The molecule has 0 aromatic carbocycles. The molecule has 5 heteroatoms. The first-order chi connectivity index (χ1) is 9.33. The van der Waals surface area contributed by atoms with Crippen LogP contribution in [0.25, 0.3) is 0 Å². The lowest BCUT2D eigenvalue weighted by Crippen LogP contribution is -2.44. The summed E-state index contributed by atoms with van der Waals surface area (Å²) in [5.74, 6) is 0.599. The van der Waals surface area contributed by atoms with E-state index in [1.165, 1.54) is 19.3 Å². The van der Waals surface area contributed by atoms with Gasteiger partial charge in [0.2, 0.25) is 0 Å². The fourth-order valence-electron chi connectivity index (χ4n) is 3.50. The molecule has 2 atom stereocenters. The van der Waals surface area contributed by atoms with Crippen molar-refractivity contribution < 1.29 is 9.53 Å². The Morgan fingerprint density at radius 1 is 1.21 bits per heavy atom. The molecule has 3 rings (SSSR count). The molecule has 2 unspecified atom stereocenters. The third kappa shape index (κ3) is 3.20. The summed E-state index contributed by atoms with van der Waals surface area (Å²) in [6.07, 6.45) is 5.93. The second kappa shape index (κ2) is 6.09. The number of piperidine rings is 1. The number of nitrogens with one attached hydrogen (secondary N) is 2. The van der Waals surface area contributed by atoms with E-state index in [0.717, 1.165) is 45.7 Å². The van der Waals surface area contributed by atoms with E-state index in [-0.39, 0.29) is 6.03 Å². The van der Waals surface area contributed by atoms with E-state index in [2.05, 4.69) is 10.6 Å². The molecule has 19 heavy (non-hydrogen) atoms. The summed E-state index contributed by atoms with van der Waals surface area (Å²) >= 11 is 0. The second-order valence-corrected chi connectivity index (χ2v) is 6.06. The van der Waals surface area contributed by atoms with Gasteiger partial charge in [-0.1, -0.05) is 6.42 Å². The SMILES string of the molecule is O=C1NC(C2CCOCC2)CN1CC1CCCCN1. The smallest absolute Gasteiger partial charge is 0.317 e. The van der Waals surface area contributed by atoms with Crippen molar-refractivity contribution in [1.82, 2.24) is 15.5 Å². The van der Waals surface area contributed by atoms with Gasteiger partial charge in [-0.05, 0) is 38.1 Å². The van der Waals surface area contributed by atoms with Crippen LogP contribution < -0.4 is 10.6 Å². The van der Waals surface area contributed by atoms with Crippen LogP contribution in [0.1, 0.15) is 32.1 Å². The van der Waals surface area contributed by atoms with Gasteiger partial charge in [-0.15, -0.1) is 0 Å². The van der Waals surface area contributed by atoms with E-state index in [0.29, 0.717) is 18.0 Å². The molecule has 0 saturated carbocycles. The topological polar surface area (TPSA) is 53.6 Å². The molecule has 3 heterocycles. The highest BCUT2D eigenvalue weighted by atomic mass is 16.5. The highest BCUT2D eigenvalue weighted by molar-refractivity contribution is 5.77. The van der Waals surface area contributed by atoms with Gasteiger partial charge in [-0.3, -0.25) is 0 Å². The Morgan fingerprint density at radius 2 is 2.05 bits per heavy atom. The minimum absolute atomic E-state index is 0.129. The van der Waals surface area contributed by atoms with E-state index >= 15 is 0 Å². The largest absolute Gasteiger partial charge is 0.381 e. The molecule has 0 aromatic heterocycles. The van der Waals surface area contributed by atoms with Crippen LogP contribution in [-0.2, 0) is 4.74 Å². The van der Waals surface area contributed by atoms with Gasteiger partial charge >= 0.3 is 6.03 Å². The van der Waals surface area contributed by atoms with Crippen molar-refractivity contribution in [3.8, 4) is 0 Å². The normalized spacial score (nSPS) is 33.5. The molecule has 3 aliphatic rings. The highest BCUT2D eigenvalue weighted by Crippen LogP contribution is 2.23. The number of hydrogen-bond acceptors (Lipinski definition) is 3. The number of carbonyl (C=O) groups is 1. The van der Waals surface area contributed by atoms with Crippen molar-refractivity contribution in [3.05, 3.63) is 0 Å². The summed E-state index contributed by atoms with van der Waals surface area (Å²) in [4.78, 5) is 14.1. The lowest BCUT2D eigenvalue weighted by molar-refractivity contribution is 0.0565. The highest BCUT2D eigenvalue weighted by Gasteiger charge is 2.35. The summed E-state index contributed by atoms with van der Waals surface area (Å²) < 4.78 is 5.40. The molecule has 3 saturated heterocycles. The predicted molar refractivity (Wildman–Crippen MR) is 73.1 cm³/mol. The Balaban J connectivity index is 1.51. The van der Waals surface area contributed by atoms with Gasteiger partial charge in [0.1, 0.15) is 0 Å². The quantitative estimate of drug-likeness (QED) is 0.800. The number of nitrogens with zero attached hydrogens (tertiary/aromatic N) is 1. The molecule has 0 spiro atoms. The zero-order valence-electron chi connectivity index (χ0n) is 11.6. The Hall–Kier alpha value is -0.810. The number of urea groups is 1. The molecule has 3 aliphatic heterocycles. The van der Waals surface area contributed by atoms with Crippen molar-refractivity contribution in [1.29, 1.82) is 0 Å². The van der Waals surface area contributed by atoms with Gasteiger partial charge in [0.15, 0.2) is 0 Å². The fourth-order valence-corrected chi connectivity index (χ4v) is 3.50. The number of amides is 2. The minimum Gasteiger partial charge on any atom is -0.381 e. The average Bonchev–Trinajstić information content (AvgIpc) is 2.82. The van der Waals surface area contributed by atoms with Crippen LogP contribution in [0.5, 0.6) is 0 Å². The zero-order chi connectivity index (χ0) is 13.1. The molecule has 0 aromatic rings. The Bertz CT molecular complexity index is 312. The third-order valence-corrected chi connectivity index (χ3v) is 4.70. The average molecular weight is 267 g/mol. The van der Waals surface area contributed by atoms with Gasteiger partial charge in [-0.2, -0.15) is 0 Å². The lowest BCUT2D eigenvalue weighted by atomic mass is 9.92. The fraction of sp³-hybridized carbons (Fsp3) is 0.929. The zero-order valence-corrected chi connectivity index (χ0v) is 11.6. The number of rotatable bonds is 3. The first-order valence-electron chi connectivity index (χ1n) is 7.69. The van der Waals surface area contributed by atoms with E-state index in [1.807, 2.05) is 4.90 Å². The van der Waals surface area contributed by atoms with Gasteiger partial charge in [0, 0.05) is 32.3 Å². The third-order valence-electron chi connectivity index (χ3n) is 4.70. The molecular formula is C14H25N3O2. The summed E-state index contributed by atoms with van der Waals surface area (Å²) in [5, 5.41) is 6.69. The molecule has 0 bridgehead atoms. The first-order valence-corrected chi connectivity index (χ1v) is 7.69. The van der Waals surface area contributed by atoms with Crippen LogP contribution in [0, 0.1) is 5.92 Å². The van der Waals surface area contributed by atoms with Crippen LogP contribution in [0.15, 0.2) is 0 Å². The summed E-state index contributed by atoms with van der Waals surface area (Å²) in [6, 6.07) is 0.955. The molecule has 2 amide bonds. The minimum atomic E-state index is 0.129. The summed E-state index contributed by atoms with van der Waals surface area (Å²) in [6.45, 7) is 4.54. The number of hydrogen-bond donors (Lipinski definition) is 2. The van der Waals surface area contributed by atoms with Crippen molar-refractivity contribution >= 4 is 6.03 Å². The van der Waals surface area contributed by atoms with Crippen molar-refractivity contribution in [3.63, 3.8) is 0 Å². The lowest BCUT2D eigenvalue weighted by Gasteiger charge is -2.29. The van der Waals surface area contributed by atoms with Crippen LogP contribution >= 0.6 is 0 Å². The van der Waals surface area contributed by atoms with E-state index < -0.39 is 0 Å². The molecule has 0 radical (unpaired) electrons. The molecule has 3 fully saturated rings. The molecule has 108 valence electrons. The van der Waals surface area contributed by atoms with Crippen molar-refractivity contribution in [2.24, 2.45) is 5.92 Å². The van der Waals surface area contributed by atoms with Crippen LogP contribution in [0.2, 0.25) is 0 Å². The maximum absolute atomic E-state index is 12.1. The van der Waals surface area contributed by atoms with E-state index in [9.17, 15) is 4.79 Å². The second-order valence-electron chi connectivity index (χ2n) is 6.06. The maximum atomic E-state index is 12.1. The summed E-state index contributed by atoms with van der Waals surface area (Å²) in [7, 11) is 0. The molecular weight excluding hydrogens is 242 g/mol. The molecule has 0 aliphatic carbocycles. The van der Waals surface area contributed by atoms with Crippen molar-refractivity contribution in [2.45, 2.75) is 44.2 Å². The van der Waals surface area contributed by atoms with Gasteiger partial charge in [-0.25, -0.2) is 4.79 Å².